The van der Waals surface area contributed by atoms with Gasteiger partial charge in [0.25, 0.3) is 0 Å². The number of para-hydroxylation sites is 1. The zero-order valence-corrected chi connectivity index (χ0v) is 11.0. The van der Waals surface area contributed by atoms with Gasteiger partial charge in [0.1, 0.15) is 5.54 Å². The molecule has 0 fully saturated rings. The Labute approximate surface area is 106 Å². The molecule has 0 aliphatic carbocycles. The standard InChI is InChI=1S/C11H12N2O3.C2H6/c1-11(2)10(16)12-8-6(9(14)15)4-3-5-7(8)13-11;1-2/h3-5,13H,1-2H3,(H,12,16)(H,14,15);1-2H3. The van der Waals surface area contributed by atoms with E-state index in [1.807, 2.05) is 13.8 Å². The molecule has 0 unspecified atom stereocenters. The topological polar surface area (TPSA) is 78.4 Å². The van der Waals surface area contributed by atoms with Gasteiger partial charge in [0.2, 0.25) is 5.91 Å². The van der Waals surface area contributed by atoms with Crippen molar-refractivity contribution in [3.05, 3.63) is 23.8 Å². The highest BCUT2D eigenvalue weighted by Crippen LogP contribution is 2.33. The molecule has 1 aliphatic rings. The van der Waals surface area contributed by atoms with Crippen molar-refractivity contribution in [2.75, 3.05) is 10.6 Å². The summed E-state index contributed by atoms with van der Waals surface area (Å²) in [6.45, 7) is 7.47. The molecule has 1 aromatic rings. The molecule has 5 heteroatoms. The monoisotopic (exact) mass is 250 g/mol. The van der Waals surface area contributed by atoms with E-state index in [1.165, 1.54) is 6.07 Å². The van der Waals surface area contributed by atoms with Crippen LogP contribution in [-0.4, -0.2) is 22.5 Å². The van der Waals surface area contributed by atoms with Crippen LogP contribution in [0.5, 0.6) is 0 Å². The number of carbonyl (C=O) groups excluding carboxylic acids is 1. The Balaban J connectivity index is 0.000000771. The third-order valence-corrected chi connectivity index (χ3v) is 2.55. The minimum absolute atomic E-state index is 0.0915. The first kappa shape index (κ1) is 14.0. The molecule has 1 heterocycles. The molecule has 2 rings (SSSR count). The number of carboxylic acids is 1. The van der Waals surface area contributed by atoms with Gasteiger partial charge in [-0.3, -0.25) is 4.79 Å². The molecule has 3 N–H and O–H groups in total. The smallest absolute Gasteiger partial charge is 0.337 e. The van der Waals surface area contributed by atoms with Crippen LogP contribution in [0.1, 0.15) is 38.1 Å². The summed E-state index contributed by atoms with van der Waals surface area (Å²) in [6.07, 6.45) is 0. The average molecular weight is 250 g/mol. The number of hydrogen-bond acceptors (Lipinski definition) is 3. The van der Waals surface area contributed by atoms with Crippen LogP contribution in [0.4, 0.5) is 11.4 Å². The van der Waals surface area contributed by atoms with Gasteiger partial charge in [-0.15, -0.1) is 0 Å². The zero-order chi connectivity index (χ0) is 13.9. The number of benzene rings is 1. The fraction of sp³-hybridized carbons (Fsp3) is 0.385. The SMILES string of the molecule is CC.CC1(C)Nc2cccc(C(=O)O)c2NC1=O. The molecule has 1 aliphatic heterocycles. The number of fused-ring (bicyclic) bond motifs is 1. The number of anilines is 2. The van der Waals surface area contributed by atoms with Crippen molar-refractivity contribution in [2.45, 2.75) is 33.2 Å². The van der Waals surface area contributed by atoms with Crippen molar-refractivity contribution in [3.63, 3.8) is 0 Å². The lowest BCUT2D eigenvalue weighted by atomic mass is 9.98. The van der Waals surface area contributed by atoms with Gasteiger partial charge in [-0.05, 0) is 26.0 Å². The first-order valence-corrected chi connectivity index (χ1v) is 5.88. The number of rotatable bonds is 1. The van der Waals surface area contributed by atoms with Crippen molar-refractivity contribution in [1.82, 2.24) is 0 Å². The van der Waals surface area contributed by atoms with Crippen molar-refractivity contribution in [2.24, 2.45) is 0 Å². The van der Waals surface area contributed by atoms with E-state index in [2.05, 4.69) is 10.6 Å². The molecule has 0 spiro atoms. The largest absolute Gasteiger partial charge is 0.478 e. The number of carboxylic acid groups (broad SMARTS) is 1. The third kappa shape index (κ3) is 2.45. The van der Waals surface area contributed by atoms with Crippen LogP contribution >= 0.6 is 0 Å². The summed E-state index contributed by atoms with van der Waals surface area (Å²) in [5.74, 6) is -1.30. The van der Waals surface area contributed by atoms with Gasteiger partial charge < -0.3 is 15.7 Å². The molecular formula is C13H18N2O3. The Kier molecular flexibility index (Phi) is 3.96. The number of carbonyl (C=O) groups is 2. The highest BCUT2D eigenvalue weighted by atomic mass is 16.4. The van der Waals surface area contributed by atoms with Crippen LogP contribution in [0, 0.1) is 0 Å². The van der Waals surface area contributed by atoms with Gasteiger partial charge in [-0.1, -0.05) is 19.9 Å². The van der Waals surface area contributed by atoms with Crippen molar-refractivity contribution >= 4 is 23.3 Å². The molecule has 1 amide bonds. The summed E-state index contributed by atoms with van der Waals surface area (Å²) >= 11 is 0. The molecule has 18 heavy (non-hydrogen) atoms. The van der Waals surface area contributed by atoms with Crippen LogP contribution in [0.25, 0.3) is 0 Å². The Morgan fingerprint density at radius 3 is 2.44 bits per heavy atom. The summed E-state index contributed by atoms with van der Waals surface area (Å²) in [5, 5.41) is 14.6. The van der Waals surface area contributed by atoms with Crippen LogP contribution in [-0.2, 0) is 4.79 Å². The molecule has 0 atom stereocenters. The predicted molar refractivity (Wildman–Crippen MR) is 71.1 cm³/mol. The van der Waals surface area contributed by atoms with Crippen LogP contribution in [0.2, 0.25) is 0 Å². The molecule has 98 valence electrons. The minimum Gasteiger partial charge on any atom is -0.478 e. The second-order valence-electron chi connectivity index (χ2n) is 4.24. The summed E-state index contributed by atoms with van der Waals surface area (Å²) in [5.41, 5.74) is 0.321. The van der Waals surface area contributed by atoms with E-state index in [0.717, 1.165) is 0 Å². The minimum atomic E-state index is -1.06. The normalized spacial score (nSPS) is 15.4. The molecule has 1 aromatic carbocycles. The van der Waals surface area contributed by atoms with Gasteiger partial charge in [0, 0.05) is 0 Å². The Hall–Kier alpha value is -2.04. The van der Waals surface area contributed by atoms with Crippen LogP contribution in [0.3, 0.4) is 0 Å². The first-order chi connectivity index (χ1) is 8.42. The van der Waals surface area contributed by atoms with Crippen molar-refractivity contribution in [1.29, 1.82) is 0 Å². The lowest BCUT2D eigenvalue weighted by Gasteiger charge is -2.33. The lowest BCUT2D eigenvalue weighted by molar-refractivity contribution is -0.119. The molecule has 0 aromatic heterocycles. The second-order valence-corrected chi connectivity index (χ2v) is 4.24. The van der Waals surface area contributed by atoms with E-state index in [-0.39, 0.29) is 11.5 Å². The highest BCUT2D eigenvalue weighted by Gasteiger charge is 2.34. The van der Waals surface area contributed by atoms with E-state index >= 15 is 0 Å². The van der Waals surface area contributed by atoms with Crippen molar-refractivity contribution < 1.29 is 14.7 Å². The lowest BCUT2D eigenvalue weighted by Crippen LogP contribution is -2.47. The third-order valence-electron chi connectivity index (χ3n) is 2.55. The maximum atomic E-state index is 11.7. The number of nitrogens with one attached hydrogen (secondary N) is 2. The molecule has 0 saturated heterocycles. The van der Waals surface area contributed by atoms with Gasteiger partial charge in [0.15, 0.2) is 0 Å². The van der Waals surface area contributed by atoms with Gasteiger partial charge >= 0.3 is 5.97 Å². The van der Waals surface area contributed by atoms with Gasteiger partial charge in [-0.2, -0.15) is 0 Å². The zero-order valence-electron chi connectivity index (χ0n) is 11.0. The fourth-order valence-electron chi connectivity index (χ4n) is 1.63. The quantitative estimate of drug-likeness (QED) is 0.715. The predicted octanol–water partition coefficient (Wildman–Crippen LogP) is 2.55. The number of hydrogen-bond donors (Lipinski definition) is 3. The maximum absolute atomic E-state index is 11.7. The Morgan fingerprint density at radius 2 is 1.89 bits per heavy atom. The highest BCUT2D eigenvalue weighted by molar-refractivity contribution is 6.10. The molecule has 0 saturated carbocycles. The van der Waals surface area contributed by atoms with E-state index in [4.69, 9.17) is 5.11 Å². The van der Waals surface area contributed by atoms with Gasteiger partial charge in [-0.25, -0.2) is 4.79 Å². The fourth-order valence-corrected chi connectivity index (χ4v) is 1.63. The van der Waals surface area contributed by atoms with E-state index in [0.29, 0.717) is 11.4 Å². The Bertz CT molecular complexity index is 481. The molecule has 5 nitrogen and oxygen atoms in total. The first-order valence-electron chi connectivity index (χ1n) is 5.88. The maximum Gasteiger partial charge on any atom is 0.337 e. The number of aromatic carboxylic acids is 1. The average Bonchev–Trinajstić information content (AvgIpc) is 2.32. The second kappa shape index (κ2) is 5.08. The summed E-state index contributed by atoms with van der Waals surface area (Å²) in [6, 6.07) is 4.84. The summed E-state index contributed by atoms with van der Waals surface area (Å²) in [4.78, 5) is 22.6. The van der Waals surface area contributed by atoms with Gasteiger partial charge in [0.05, 0.1) is 16.9 Å². The summed E-state index contributed by atoms with van der Waals surface area (Å²) < 4.78 is 0. The summed E-state index contributed by atoms with van der Waals surface area (Å²) in [7, 11) is 0. The van der Waals surface area contributed by atoms with Crippen molar-refractivity contribution in [3.8, 4) is 0 Å². The Morgan fingerprint density at radius 1 is 1.28 bits per heavy atom. The van der Waals surface area contributed by atoms with Crippen LogP contribution in [0.15, 0.2) is 18.2 Å². The van der Waals surface area contributed by atoms with E-state index < -0.39 is 11.5 Å². The van der Waals surface area contributed by atoms with E-state index in [1.54, 1.807) is 26.0 Å². The molecular weight excluding hydrogens is 232 g/mol. The molecule has 0 radical (unpaired) electrons. The molecule has 0 bridgehead atoms. The van der Waals surface area contributed by atoms with Crippen LogP contribution < -0.4 is 10.6 Å². The van der Waals surface area contributed by atoms with E-state index in [9.17, 15) is 9.59 Å². The number of amides is 1.